The van der Waals surface area contributed by atoms with Gasteiger partial charge >= 0.3 is 0 Å². The Morgan fingerprint density at radius 2 is 1.83 bits per heavy atom. The number of H-pyrrole nitrogens is 1. The van der Waals surface area contributed by atoms with Crippen molar-refractivity contribution >= 4 is 17.4 Å². The van der Waals surface area contributed by atoms with Crippen molar-refractivity contribution in [2.24, 2.45) is 16.8 Å². The number of hydrogen-bond donors (Lipinski definition) is 1. The van der Waals surface area contributed by atoms with Gasteiger partial charge in [0.15, 0.2) is 5.82 Å². The summed E-state index contributed by atoms with van der Waals surface area (Å²) in [4.78, 5) is 31.9. The van der Waals surface area contributed by atoms with Crippen LogP contribution in [-0.4, -0.2) is 58.7 Å². The van der Waals surface area contributed by atoms with Gasteiger partial charge in [-0.05, 0) is 69.5 Å². The average Bonchev–Trinajstić information content (AvgIpc) is 3.63. The number of carbonyl (C=O) groups excluding carboxylic acids is 1. The van der Waals surface area contributed by atoms with Crippen molar-refractivity contribution in [1.29, 1.82) is 0 Å². The van der Waals surface area contributed by atoms with Crippen LogP contribution in [0, 0.1) is 11.8 Å². The molecule has 1 N–H and O–H groups in total. The molecule has 2 atom stereocenters. The molecule has 2 unspecified atom stereocenters. The number of aliphatic imine (C=N–C) groups is 1. The van der Waals surface area contributed by atoms with E-state index < -0.39 is 0 Å². The van der Waals surface area contributed by atoms with E-state index in [4.69, 9.17) is 9.98 Å². The molecule has 186 valence electrons. The Morgan fingerprint density at radius 1 is 1.06 bits per heavy atom. The van der Waals surface area contributed by atoms with Gasteiger partial charge in [-0.1, -0.05) is 50.1 Å². The van der Waals surface area contributed by atoms with Gasteiger partial charge in [0.25, 0.3) is 0 Å². The highest BCUT2D eigenvalue weighted by molar-refractivity contribution is 6.23. The molecule has 1 aromatic heterocycles. The molecule has 2 fully saturated rings. The minimum Gasteiger partial charge on any atom is -0.339 e. The fraction of sp³-hybridized carbons (Fsp3) is 0.621. The molecule has 0 spiro atoms. The van der Waals surface area contributed by atoms with Gasteiger partial charge in [0.1, 0.15) is 11.5 Å². The number of fused-ring (bicyclic) bond motifs is 3. The third kappa shape index (κ3) is 4.57. The normalized spacial score (nSPS) is 25.7. The standard InChI is InChI=1S/C29H39N5O/c1-2-14-34-28-26(31-27(32-28)22-10-6-7-11-22)25-24(29(34)35)18-23(30-25)19-33-15-12-21(13-16-33)17-20-8-4-3-5-9-20/h3-5,8-9,21-24H,2,6-7,10-19H2,1H3,(H,31,32). The van der Waals surface area contributed by atoms with Crippen LogP contribution in [0.1, 0.15) is 81.3 Å². The zero-order valence-electron chi connectivity index (χ0n) is 21.1. The molecule has 6 rings (SSSR count). The lowest BCUT2D eigenvalue weighted by Gasteiger charge is -2.33. The van der Waals surface area contributed by atoms with E-state index in [2.05, 4.69) is 47.1 Å². The van der Waals surface area contributed by atoms with Crippen LogP contribution in [0.15, 0.2) is 35.3 Å². The van der Waals surface area contributed by atoms with Gasteiger partial charge in [0.05, 0.1) is 17.7 Å². The van der Waals surface area contributed by atoms with E-state index in [0.29, 0.717) is 5.92 Å². The average molecular weight is 474 g/mol. The van der Waals surface area contributed by atoms with E-state index in [9.17, 15) is 4.79 Å². The molecule has 0 radical (unpaired) electrons. The lowest BCUT2D eigenvalue weighted by molar-refractivity contribution is -0.120. The number of nitrogens with zero attached hydrogens (tertiary/aromatic N) is 4. The van der Waals surface area contributed by atoms with Gasteiger partial charge in [0, 0.05) is 19.0 Å². The molecular weight excluding hydrogens is 434 g/mol. The van der Waals surface area contributed by atoms with Crippen molar-refractivity contribution in [2.45, 2.75) is 76.7 Å². The minimum absolute atomic E-state index is 0.105. The van der Waals surface area contributed by atoms with Crippen LogP contribution in [0.25, 0.3) is 0 Å². The Labute approximate surface area is 209 Å². The molecular formula is C29H39N5O. The van der Waals surface area contributed by atoms with Crippen molar-refractivity contribution in [3.8, 4) is 0 Å². The first-order chi connectivity index (χ1) is 17.2. The largest absolute Gasteiger partial charge is 0.339 e. The predicted molar refractivity (Wildman–Crippen MR) is 140 cm³/mol. The summed E-state index contributed by atoms with van der Waals surface area (Å²) in [6.07, 6.45) is 10.4. The molecule has 6 nitrogen and oxygen atoms in total. The summed E-state index contributed by atoms with van der Waals surface area (Å²) in [6.45, 7) is 6.13. The SMILES string of the molecule is CCCN1C(=O)C2CC(CN3CCC(Cc4ccccc4)CC3)N=C2c2[nH]c(C3CCCC3)nc21. The number of likely N-dealkylation sites (tertiary alicyclic amines) is 1. The highest BCUT2D eigenvalue weighted by atomic mass is 16.2. The second kappa shape index (κ2) is 9.88. The first-order valence-electron chi connectivity index (χ1n) is 13.9. The Balaban J connectivity index is 1.14. The van der Waals surface area contributed by atoms with Crippen LogP contribution in [0.2, 0.25) is 0 Å². The second-order valence-corrected chi connectivity index (χ2v) is 11.2. The van der Waals surface area contributed by atoms with Gasteiger partial charge in [-0.25, -0.2) is 4.98 Å². The molecule has 35 heavy (non-hydrogen) atoms. The van der Waals surface area contributed by atoms with Crippen molar-refractivity contribution in [2.75, 3.05) is 31.1 Å². The van der Waals surface area contributed by atoms with Gasteiger partial charge < -0.3 is 9.88 Å². The summed E-state index contributed by atoms with van der Waals surface area (Å²) in [7, 11) is 0. The summed E-state index contributed by atoms with van der Waals surface area (Å²) >= 11 is 0. The molecule has 1 saturated heterocycles. The maximum Gasteiger partial charge on any atom is 0.237 e. The van der Waals surface area contributed by atoms with E-state index in [0.717, 1.165) is 68.0 Å². The van der Waals surface area contributed by atoms with Gasteiger partial charge in [-0.2, -0.15) is 0 Å². The van der Waals surface area contributed by atoms with Crippen LogP contribution < -0.4 is 4.90 Å². The van der Waals surface area contributed by atoms with Gasteiger partial charge in [-0.15, -0.1) is 0 Å². The molecule has 4 aliphatic rings. The lowest BCUT2D eigenvalue weighted by atomic mass is 9.89. The van der Waals surface area contributed by atoms with Crippen LogP contribution in [-0.2, 0) is 11.2 Å². The summed E-state index contributed by atoms with van der Waals surface area (Å²) in [5.41, 5.74) is 3.48. The van der Waals surface area contributed by atoms with Gasteiger partial charge in [-0.3, -0.25) is 14.7 Å². The van der Waals surface area contributed by atoms with Crippen molar-refractivity contribution in [3.63, 3.8) is 0 Å². The Kier molecular flexibility index (Phi) is 6.48. The fourth-order valence-corrected chi connectivity index (χ4v) is 6.79. The number of carbonyl (C=O) groups is 1. The summed E-state index contributed by atoms with van der Waals surface area (Å²) in [5, 5.41) is 0. The van der Waals surface area contributed by atoms with Crippen LogP contribution in [0.5, 0.6) is 0 Å². The number of amides is 1. The second-order valence-electron chi connectivity index (χ2n) is 11.2. The summed E-state index contributed by atoms with van der Waals surface area (Å²) < 4.78 is 0. The van der Waals surface area contributed by atoms with E-state index in [1.807, 2.05) is 4.90 Å². The first-order valence-corrected chi connectivity index (χ1v) is 13.9. The maximum atomic E-state index is 13.5. The molecule has 1 aliphatic carbocycles. The number of aromatic amines is 1. The zero-order valence-corrected chi connectivity index (χ0v) is 21.1. The smallest absolute Gasteiger partial charge is 0.237 e. The third-order valence-corrected chi connectivity index (χ3v) is 8.67. The van der Waals surface area contributed by atoms with Gasteiger partial charge in [0.2, 0.25) is 5.91 Å². The number of aromatic nitrogens is 2. The Morgan fingerprint density at radius 3 is 2.57 bits per heavy atom. The molecule has 1 amide bonds. The fourth-order valence-electron chi connectivity index (χ4n) is 6.79. The van der Waals surface area contributed by atoms with Crippen LogP contribution >= 0.6 is 0 Å². The minimum atomic E-state index is -0.105. The number of hydrogen-bond acceptors (Lipinski definition) is 4. The zero-order chi connectivity index (χ0) is 23.8. The van der Waals surface area contributed by atoms with E-state index >= 15 is 0 Å². The highest BCUT2D eigenvalue weighted by Crippen LogP contribution is 2.40. The molecule has 4 heterocycles. The summed E-state index contributed by atoms with van der Waals surface area (Å²) in [5.74, 6) is 3.31. The molecule has 1 aromatic carbocycles. The van der Waals surface area contributed by atoms with Crippen LogP contribution in [0.3, 0.4) is 0 Å². The number of anilines is 1. The molecule has 3 aliphatic heterocycles. The lowest BCUT2D eigenvalue weighted by Crippen LogP contribution is -2.44. The summed E-state index contributed by atoms with van der Waals surface area (Å²) in [6, 6.07) is 11.1. The van der Waals surface area contributed by atoms with E-state index in [1.165, 1.54) is 50.5 Å². The quantitative estimate of drug-likeness (QED) is 0.618. The Hall–Kier alpha value is -2.47. The maximum absolute atomic E-state index is 13.5. The van der Waals surface area contributed by atoms with Crippen molar-refractivity contribution in [3.05, 3.63) is 47.4 Å². The first kappa shape index (κ1) is 23.0. The number of imidazole rings is 1. The number of nitrogens with one attached hydrogen (secondary N) is 1. The van der Waals surface area contributed by atoms with Crippen molar-refractivity contribution in [1.82, 2.24) is 14.9 Å². The number of benzene rings is 1. The molecule has 2 aromatic rings. The van der Waals surface area contributed by atoms with E-state index in [-0.39, 0.29) is 17.9 Å². The predicted octanol–water partition coefficient (Wildman–Crippen LogP) is 4.96. The van der Waals surface area contributed by atoms with Crippen molar-refractivity contribution < 1.29 is 4.79 Å². The Bertz CT molecular complexity index is 1060. The highest BCUT2D eigenvalue weighted by Gasteiger charge is 2.45. The molecule has 0 bridgehead atoms. The third-order valence-electron chi connectivity index (χ3n) is 8.67. The number of piperidine rings is 1. The monoisotopic (exact) mass is 473 g/mol. The number of rotatable bonds is 7. The topological polar surface area (TPSA) is 64.6 Å². The van der Waals surface area contributed by atoms with Crippen LogP contribution in [0.4, 0.5) is 5.82 Å². The van der Waals surface area contributed by atoms with E-state index in [1.54, 1.807) is 0 Å². The molecule has 1 saturated carbocycles. The molecule has 6 heteroatoms.